The third-order valence-electron chi connectivity index (χ3n) is 11.4. The van der Waals surface area contributed by atoms with Crippen molar-refractivity contribution in [3.05, 3.63) is 213 Å². The Balaban J connectivity index is 1.05. The number of hydrogen-bond acceptors (Lipinski definition) is 3. The average Bonchev–Trinajstić information content (AvgIpc) is 3.32. The van der Waals surface area contributed by atoms with E-state index in [-0.39, 0.29) is 0 Å². The Hall–Kier alpha value is -7.75. The van der Waals surface area contributed by atoms with Crippen molar-refractivity contribution in [2.24, 2.45) is 0 Å². The molecule has 0 atom stereocenters. The lowest BCUT2D eigenvalue weighted by atomic mass is 9.87. The predicted molar refractivity (Wildman–Crippen MR) is 242 cm³/mol. The summed E-state index contributed by atoms with van der Waals surface area (Å²) in [6.45, 7) is 0. The fourth-order valence-electron chi connectivity index (χ4n) is 8.53. The first-order chi connectivity index (χ1) is 28.7. The molecule has 2 heterocycles. The second-order valence-corrected chi connectivity index (χ2v) is 14.8. The van der Waals surface area contributed by atoms with Crippen molar-refractivity contribution in [3.63, 3.8) is 0 Å². The van der Waals surface area contributed by atoms with E-state index in [4.69, 9.17) is 9.97 Å². The van der Waals surface area contributed by atoms with Gasteiger partial charge in [0.25, 0.3) is 0 Å². The molecule has 0 aliphatic rings. The van der Waals surface area contributed by atoms with E-state index in [2.05, 4.69) is 193 Å². The van der Waals surface area contributed by atoms with Crippen molar-refractivity contribution in [3.8, 4) is 67.3 Å². The van der Waals surface area contributed by atoms with E-state index < -0.39 is 0 Å². The SMILES string of the molecule is c1ccc(-c2ccc(-c3nc(-c4ccc(-c5cc6c7ccccc7c7ccccc7c6c6ccccc56)cc4)cc(-c4cccc(-c5cccnc5)c4)n3)cc2)cc1. The smallest absolute Gasteiger partial charge is 0.160 e. The lowest BCUT2D eigenvalue weighted by Crippen LogP contribution is -1.96. The monoisotopic (exact) mass is 737 g/mol. The molecule has 0 N–H and O–H groups in total. The number of nitrogens with zero attached hydrogens (tertiary/aromatic N) is 3. The number of pyridine rings is 1. The molecule has 2 aromatic heterocycles. The zero-order valence-electron chi connectivity index (χ0n) is 31.5. The van der Waals surface area contributed by atoms with Crippen LogP contribution >= 0.6 is 0 Å². The van der Waals surface area contributed by atoms with Crippen molar-refractivity contribution in [2.75, 3.05) is 0 Å². The molecule has 3 nitrogen and oxygen atoms in total. The fourth-order valence-corrected chi connectivity index (χ4v) is 8.53. The molecule has 58 heavy (non-hydrogen) atoms. The number of aromatic nitrogens is 3. The highest BCUT2D eigenvalue weighted by Gasteiger charge is 2.16. The van der Waals surface area contributed by atoms with Gasteiger partial charge in [-0.15, -0.1) is 0 Å². The Morgan fingerprint density at radius 3 is 1.48 bits per heavy atom. The molecule has 0 spiro atoms. The van der Waals surface area contributed by atoms with Crippen molar-refractivity contribution < 1.29 is 0 Å². The summed E-state index contributed by atoms with van der Waals surface area (Å²) in [5, 5.41) is 10.2. The zero-order valence-corrected chi connectivity index (χ0v) is 31.5. The van der Waals surface area contributed by atoms with Crippen LogP contribution in [-0.2, 0) is 0 Å². The molecule has 9 aromatic carbocycles. The topological polar surface area (TPSA) is 38.7 Å². The minimum absolute atomic E-state index is 0.683. The van der Waals surface area contributed by atoms with Crippen LogP contribution < -0.4 is 0 Å². The van der Waals surface area contributed by atoms with Gasteiger partial charge in [0.15, 0.2) is 5.82 Å². The van der Waals surface area contributed by atoms with Gasteiger partial charge in [0.1, 0.15) is 0 Å². The third-order valence-corrected chi connectivity index (χ3v) is 11.4. The predicted octanol–water partition coefficient (Wildman–Crippen LogP) is 14.5. The van der Waals surface area contributed by atoms with E-state index >= 15 is 0 Å². The van der Waals surface area contributed by atoms with E-state index in [1.807, 2.05) is 18.3 Å². The van der Waals surface area contributed by atoms with E-state index in [0.29, 0.717) is 5.82 Å². The van der Waals surface area contributed by atoms with Crippen LogP contribution in [0.4, 0.5) is 0 Å². The molecule has 0 amide bonds. The molecule has 0 unspecified atom stereocenters. The highest BCUT2D eigenvalue weighted by molar-refractivity contribution is 6.33. The number of fused-ring (bicyclic) bond motifs is 8. The van der Waals surface area contributed by atoms with E-state index in [9.17, 15) is 0 Å². The maximum Gasteiger partial charge on any atom is 0.160 e. The largest absolute Gasteiger partial charge is 0.264 e. The number of rotatable bonds is 6. The molecule has 0 aliphatic carbocycles. The van der Waals surface area contributed by atoms with E-state index in [0.717, 1.165) is 50.3 Å². The van der Waals surface area contributed by atoms with Gasteiger partial charge in [0.2, 0.25) is 0 Å². The summed E-state index contributed by atoms with van der Waals surface area (Å²) in [5.74, 6) is 0.683. The molecule has 0 saturated carbocycles. The second kappa shape index (κ2) is 14.1. The Bertz CT molecular complexity index is 3300. The summed E-state index contributed by atoms with van der Waals surface area (Å²) in [5.41, 5.74) is 11.6. The number of benzene rings is 9. The number of hydrogen-bond donors (Lipinski definition) is 0. The summed E-state index contributed by atoms with van der Waals surface area (Å²) in [4.78, 5) is 14.8. The van der Waals surface area contributed by atoms with E-state index in [1.54, 1.807) is 6.20 Å². The summed E-state index contributed by atoms with van der Waals surface area (Å²) >= 11 is 0. The first-order valence-corrected chi connectivity index (χ1v) is 19.7. The van der Waals surface area contributed by atoms with Crippen LogP contribution in [0.15, 0.2) is 213 Å². The summed E-state index contributed by atoms with van der Waals surface area (Å²) in [7, 11) is 0. The van der Waals surface area contributed by atoms with Crippen molar-refractivity contribution in [1.29, 1.82) is 0 Å². The standard InChI is InChI=1S/C55H35N3/c1-2-12-36(13-3-1)37-23-29-40(30-24-37)55-57-52(34-53(58-55)42-15-10-14-41(32-42)43-16-11-31-56-35-43)39-27-25-38(26-28-39)50-33-51-46-19-5-4-17-44(46)45-18-6-8-21-48(45)54(51)49-22-9-7-20-47(49)50/h1-35H. The van der Waals surface area contributed by atoms with Crippen LogP contribution in [0.3, 0.4) is 0 Å². The highest BCUT2D eigenvalue weighted by Crippen LogP contribution is 2.43. The van der Waals surface area contributed by atoms with Crippen LogP contribution in [0.25, 0.3) is 110 Å². The molecule has 11 rings (SSSR count). The van der Waals surface area contributed by atoms with Gasteiger partial charge in [-0.25, -0.2) is 9.97 Å². The van der Waals surface area contributed by atoms with Gasteiger partial charge in [-0.2, -0.15) is 0 Å². The molecule has 0 fully saturated rings. The molecule has 0 saturated heterocycles. The lowest BCUT2D eigenvalue weighted by Gasteiger charge is -2.16. The molecule has 0 radical (unpaired) electrons. The van der Waals surface area contributed by atoms with Gasteiger partial charge in [0.05, 0.1) is 11.4 Å². The average molecular weight is 738 g/mol. The van der Waals surface area contributed by atoms with Crippen molar-refractivity contribution >= 4 is 43.1 Å². The van der Waals surface area contributed by atoms with Crippen LogP contribution in [0.5, 0.6) is 0 Å². The summed E-state index contributed by atoms with van der Waals surface area (Å²) < 4.78 is 0. The molecule has 0 aliphatic heterocycles. The minimum atomic E-state index is 0.683. The van der Waals surface area contributed by atoms with Crippen LogP contribution in [0, 0.1) is 0 Å². The van der Waals surface area contributed by atoms with Gasteiger partial charge in [-0.1, -0.05) is 176 Å². The minimum Gasteiger partial charge on any atom is -0.264 e. The van der Waals surface area contributed by atoms with Gasteiger partial charge < -0.3 is 0 Å². The Labute approximate surface area is 336 Å². The maximum atomic E-state index is 5.22. The van der Waals surface area contributed by atoms with Crippen LogP contribution in [-0.4, -0.2) is 15.0 Å². The van der Waals surface area contributed by atoms with Crippen molar-refractivity contribution in [1.82, 2.24) is 15.0 Å². The highest BCUT2D eigenvalue weighted by atomic mass is 14.9. The molecule has 11 aromatic rings. The van der Waals surface area contributed by atoms with Crippen molar-refractivity contribution in [2.45, 2.75) is 0 Å². The van der Waals surface area contributed by atoms with Gasteiger partial charge in [0, 0.05) is 34.6 Å². The molecule has 0 bridgehead atoms. The van der Waals surface area contributed by atoms with Gasteiger partial charge in [-0.05, 0) is 95.2 Å². The fraction of sp³-hybridized carbons (Fsp3) is 0. The van der Waals surface area contributed by atoms with Gasteiger partial charge in [-0.3, -0.25) is 4.98 Å². The second-order valence-electron chi connectivity index (χ2n) is 14.8. The summed E-state index contributed by atoms with van der Waals surface area (Å²) in [6.07, 6.45) is 3.70. The molecular weight excluding hydrogens is 703 g/mol. The Morgan fingerprint density at radius 1 is 0.276 bits per heavy atom. The Kier molecular flexibility index (Phi) is 8.15. The zero-order chi connectivity index (χ0) is 38.4. The Morgan fingerprint density at radius 2 is 0.776 bits per heavy atom. The maximum absolute atomic E-state index is 5.22. The lowest BCUT2D eigenvalue weighted by molar-refractivity contribution is 1.18. The third kappa shape index (κ3) is 5.89. The van der Waals surface area contributed by atoms with E-state index in [1.165, 1.54) is 54.2 Å². The quantitative estimate of drug-likeness (QED) is 0.160. The van der Waals surface area contributed by atoms with Gasteiger partial charge >= 0.3 is 0 Å². The molecule has 270 valence electrons. The summed E-state index contributed by atoms with van der Waals surface area (Å²) in [6, 6.07) is 71.4. The van der Waals surface area contributed by atoms with Crippen LogP contribution in [0.2, 0.25) is 0 Å². The first-order valence-electron chi connectivity index (χ1n) is 19.7. The normalized spacial score (nSPS) is 11.4. The first kappa shape index (κ1) is 33.6. The van der Waals surface area contributed by atoms with Crippen LogP contribution in [0.1, 0.15) is 0 Å². The molecular formula is C55H35N3. The molecule has 3 heteroatoms.